The second-order valence-corrected chi connectivity index (χ2v) is 5.45. The molecule has 3 rings (SSSR count). The number of amides is 1. The van der Waals surface area contributed by atoms with Gasteiger partial charge >= 0.3 is 0 Å². The number of nitrogens with one attached hydrogen (secondary N) is 1. The summed E-state index contributed by atoms with van der Waals surface area (Å²) in [7, 11) is 0. The predicted molar refractivity (Wildman–Crippen MR) is 76.0 cm³/mol. The van der Waals surface area contributed by atoms with E-state index in [1.165, 1.54) is 19.4 Å². The maximum absolute atomic E-state index is 11.2. The first-order chi connectivity index (χ1) is 9.15. The molecule has 0 bridgehead atoms. The summed E-state index contributed by atoms with van der Waals surface area (Å²) in [5.41, 5.74) is 13.3. The van der Waals surface area contributed by atoms with E-state index in [1.807, 2.05) is 0 Å². The molecule has 5 nitrogen and oxygen atoms in total. The van der Waals surface area contributed by atoms with Crippen molar-refractivity contribution in [3.05, 3.63) is 23.8 Å². The zero-order valence-electron chi connectivity index (χ0n) is 10.9. The fourth-order valence-corrected chi connectivity index (χ4v) is 3.29. The van der Waals surface area contributed by atoms with Gasteiger partial charge in [0, 0.05) is 24.2 Å². The van der Waals surface area contributed by atoms with Crippen molar-refractivity contribution >= 4 is 17.3 Å². The van der Waals surface area contributed by atoms with Crippen LogP contribution >= 0.6 is 0 Å². The van der Waals surface area contributed by atoms with Gasteiger partial charge in [-0.25, -0.2) is 0 Å². The molecule has 5 heteroatoms. The number of nitrogen functional groups attached to an aromatic ring is 1. The molecule has 2 aliphatic heterocycles. The summed E-state index contributed by atoms with van der Waals surface area (Å²) in [6, 6.07) is 6.20. The van der Waals surface area contributed by atoms with Crippen LogP contribution < -0.4 is 16.8 Å². The summed E-state index contributed by atoms with van der Waals surface area (Å²) >= 11 is 0. The molecule has 2 saturated heterocycles. The summed E-state index contributed by atoms with van der Waals surface area (Å²) in [6.07, 6.45) is 3.65. The van der Waals surface area contributed by atoms with E-state index >= 15 is 0 Å². The van der Waals surface area contributed by atoms with Crippen LogP contribution in [0.3, 0.4) is 0 Å². The minimum Gasteiger partial charge on any atom is -0.397 e. The molecule has 2 aliphatic rings. The number of carbonyl (C=O) groups excluding carboxylic acids is 1. The second kappa shape index (κ2) is 4.74. The highest BCUT2D eigenvalue weighted by Gasteiger charge is 2.37. The standard InChI is InChI=1S/C14H20N4O/c15-10-4-3-9(14(16)19)8-12(10)17-11-5-7-18-6-1-2-13(11)18/h3-4,8,11,13,17H,1-2,5-7,15H2,(H2,16,19). The highest BCUT2D eigenvalue weighted by molar-refractivity contribution is 5.94. The lowest BCUT2D eigenvalue weighted by Crippen LogP contribution is -2.34. The third-order valence-electron chi connectivity index (χ3n) is 4.28. The van der Waals surface area contributed by atoms with Crippen LogP contribution in [0.25, 0.3) is 0 Å². The average Bonchev–Trinajstić information content (AvgIpc) is 2.96. The summed E-state index contributed by atoms with van der Waals surface area (Å²) in [6.45, 7) is 2.36. The Kier molecular flexibility index (Phi) is 3.06. The lowest BCUT2D eigenvalue weighted by atomic mass is 10.1. The van der Waals surface area contributed by atoms with Gasteiger partial charge in [0.05, 0.1) is 11.4 Å². The Balaban J connectivity index is 1.79. The maximum Gasteiger partial charge on any atom is 0.248 e. The van der Waals surface area contributed by atoms with Gasteiger partial charge in [-0.2, -0.15) is 0 Å². The number of fused-ring (bicyclic) bond motifs is 1. The van der Waals surface area contributed by atoms with Crippen molar-refractivity contribution in [1.82, 2.24) is 4.90 Å². The maximum atomic E-state index is 11.2. The Morgan fingerprint density at radius 1 is 1.32 bits per heavy atom. The lowest BCUT2D eigenvalue weighted by Gasteiger charge is -2.23. The van der Waals surface area contributed by atoms with E-state index in [-0.39, 0.29) is 0 Å². The zero-order valence-corrected chi connectivity index (χ0v) is 10.9. The summed E-state index contributed by atoms with van der Waals surface area (Å²) in [4.78, 5) is 13.8. The van der Waals surface area contributed by atoms with E-state index < -0.39 is 5.91 Å². The van der Waals surface area contributed by atoms with Gasteiger partial charge < -0.3 is 16.8 Å². The highest BCUT2D eigenvalue weighted by Crippen LogP contribution is 2.31. The molecule has 0 aliphatic carbocycles. The first-order valence-corrected chi connectivity index (χ1v) is 6.85. The van der Waals surface area contributed by atoms with Gasteiger partial charge in [-0.15, -0.1) is 0 Å². The number of hydrogen-bond acceptors (Lipinski definition) is 4. The summed E-state index contributed by atoms with van der Waals surface area (Å²) in [5, 5.41) is 3.50. The van der Waals surface area contributed by atoms with Crippen molar-refractivity contribution in [2.75, 3.05) is 24.1 Å². The minimum absolute atomic E-state index is 0.419. The Labute approximate surface area is 112 Å². The molecule has 0 spiro atoms. The van der Waals surface area contributed by atoms with Gasteiger partial charge in [-0.3, -0.25) is 9.69 Å². The molecule has 0 saturated carbocycles. The van der Waals surface area contributed by atoms with Crippen LogP contribution in [0, 0.1) is 0 Å². The number of rotatable bonds is 3. The molecule has 2 unspecified atom stereocenters. The van der Waals surface area contributed by atoms with E-state index in [4.69, 9.17) is 11.5 Å². The zero-order chi connectivity index (χ0) is 13.4. The van der Waals surface area contributed by atoms with E-state index in [0.29, 0.717) is 23.3 Å². The van der Waals surface area contributed by atoms with Crippen LogP contribution in [0.15, 0.2) is 18.2 Å². The second-order valence-electron chi connectivity index (χ2n) is 5.45. The molecule has 2 atom stereocenters. The normalized spacial score (nSPS) is 26.3. The number of nitrogens with two attached hydrogens (primary N) is 2. The van der Waals surface area contributed by atoms with E-state index in [1.54, 1.807) is 18.2 Å². The van der Waals surface area contributed by atoms with Crippen molar-refractivity contribution in [1.29, 1.82) is 0 Å². The molecule has 0 radical (unpaired) electrons. The van der Waals surface area contributed by atoms with Crippen molar-refractivity contribution in [2.24, 2.45) is 5.73 Å². The van der Waals surface area contributed by atoms with Gasteiger partial charge in [0.1, 0.15) is 0 Å². The van der Waals surface area contributed by atoms with Crippen molar-refractivity contribution in [3.8, 4) is 0 Å². The van der Waals surface area contributed by atoms with Gasteiger partial charge in [0.2, 0.25) is 5.91 Å². The molecular weight excluding hydrogens is 240 g/mol. The monoisotopic (exact) mass is 260 g/mol. The highest BCUT2D eigenvalue weighted by atomic mass is 16.1. The Morgan fingerprint density at radius 2 is 2.16 bits per heavy atom. The fourth-order valence-electron chi connectivity index (χ4n) is 3.29. The molecule has 19 heavy (non-hydrogen) atoms. The van der Waals surface area contributed by atoms with Crippen LogP contribution in [-0.4, -0.2) is 36.0 Å². The van der Waals surface area contributed by atoms with E-state index in [2.05, 4.69) is 10.2 Å². The molecule has 2 fully saturated rings. The number of hydrogen-bond donors (Lipinski definition) is 3. The first-order valence-electron chi connectivity index (χ1n) is 6.85. The molecule has 5 N–H and O–H groups in total. The number of benzene rings is 1. The van der Waals surface area contributed by atoms with Crippen LogP contribution in [0.5, 0.6) is 0 Å². The van der Waals surface area contributed by atoms with E-state index in [0.717, 1.165) is 18.7 Å². The predicted octanol–water partition coefficient (Wildman–Crippen LogP) is 1.02. The molecule has 0 aromatic heterocycles. The minimum atomic E-state index is -0.419. The van der Waals surface area contributed by atoms with Gasteiger partial charge in [-0.05, 0) is 44.0 Å². The third-order valence-corrected chi connectivity index (χ3v) is 4.28. The van der Waals surface area contributed by atoms with Crippen molar-refractivity contribution in [2.45, 2.75) is 31.3 Å². The van der Waals surface area contributed by atoms with E-state index in [9.17, 15) is 4.79 Å². The van der Waals surface area contributed by atoms with Crippen LogP contribution in [0.1, 0.15) is 29.6 Å². The average molecular weight is 260 g/mol. The molecule has 2 heterocycles. The summed E-state index contributed by atoms with van der Waals surface area (Å²) < 4.78 is 0. The number of anilines is 2. The third kappa shape index (κ3) is 2.26. The smallest absolute Gasteiger partial charge is 0.248 e. The molecule has 1 amide bonds. The molecule has 1 aromatic carbocycles. The largest absolute Gasteiger partial charge is 0.397 e. The van der Waals surface area contributed by atoms with Gasteiger partial charge in [0.15, 0.2) is 0 Å². The van der Waals surface area contributed by atoms with Gasteiger partial charge in [-0.1, -0.05) is 0 Å². The Morgan fingerprint density at radius 3 is 2.95 bits per heavy atom. The molecule has 1 aromatic rings. The van der Waals surface area contributed by atoms with Gasteiger partial charge in [0.25, 0.3) is 0 Å². The van der Waals surface area contributed by atoms with Crippen molar-refractivity contribution in [3.63, 3.8) is 0 Å². The topological polar surface area (TPSA) is 84.4 Å². The quantitative estimate of drug-likeness (QED) is 0.708. The Bertz CT molecular complexity index is 502. The number of nitrogens with zero attached hydrogens (tertiary/aromatic N) is 1. The first kappa shape index (κ1) is 12.3. The fraction of sp³-hybridized carbons (Fsp3) is 0.500. The van der Waals surface area contributed by atoms with Crippen LogP contribution in [-0.2, 0) is 0 Å². The SMILES string of the molecule is NC(=O)c1ccc(N)c(NC2CCN3CCCC23)c1. The lowest BCUT2D eigenvalue weighted by molar-refractivity contribution is 0.100. The molecular formula is C14H20N4O. The molecule has 102 valence electrons. The Hall–Kier alpha value is -1.75. The van der Waals surface area contributed by atoms with Crippen LogP contribution in [0.4, 0.5) is 11.4 Å². The van der Waals surface area contributed by atoms with Crippen molar-refractivity contribution < 1.29 is 4.79 Å². The number of primary amides is 1. The van der Waals surface area contributed by atoms with Crippen LogP contribution in [0.2, 0.25) is 0 Å². The number of carbonyl (C=O) groups is 1. The summed E-state index contributed by atoms with van der Waals surface area (Å²) in [5.74, 6) is -0.419.